The molecule has 2 aromatic carbocycles. The van der Waals surface area contributed by atoms with Gasteiger partial charge < -0.3 is 24.2 Å². The van der Waals surface area contributed by atoms with Crippen LogP contribution in [-0.2, 0) is 9.53 Å². The first-order chi connectivity index (χ1) is 18.0. The zero-order valence-corrected chi connectivity index (χ0v) is 21.2. The summed E-state index contributed by atoms with van der Waals surface area (Å²) in [5.74, 6) is 0.723. The molecule has 1 saturated heterocycles. The molecule has 0 spiro atoms. The minimum atomic E-state index is -0.645. The maximum absolute atomic E-state index is 13.9. The highest BCUT2D eigenvalue weighted by Crippen LogP contribution is 2.43. The molecule has 2 amide bonds. The van der Waals surface area contributed by atoms with Gasteiger partial charge in [-0.3, -0.25) is 14.5 Å². The van der Waals surface area contributed by atoms with Crippen molar-refractivity contribution in [2.45, 2.75) is 25.8 Å². The first-order valence-corrected chi connectivity index (χ1v) is 12.7. The number of carbonyl (C=O) groups excluding carboxylic acids is 2. The number of rotatable bonds is 8. The van der Waals surface area contributed by atoms with Crippen LogP contribution in [0.25, 0.3) is 0 Å². The van der Waals surface area contributed by atoms with E-state index in [1.165, 1.54) is 0 Å². The van der Waals surface area contributed by atoms with Crippen molar-refractivity contribution in [1.29, 1.82) is 0 Å². The molecule has 2 aliphatic rings. The van der Waals surface area contributed by atoms with E-state index in [9.17, 15) is 9.59 Å². The van der Waals surface area contributed by atoms with Crippen molar-refractivity contribution < 1.29 is 23.6 Å². The van der Waals surface area contributed by atoms with Crippen LogP contribution in [0.4, 0.5) is 5.82 Å². The first kappa shape index (κ1) is 25.0. The van der Waals surface area contributed by atoms with Crippen molar-refractivity contribution in [3.8, 4) is 5.75 Å². The Labute approximate surface area is 216 Å². The third-order valence-corrected chi connectivity index (χ3v) is 6.89. The van der Waals surface area contributed by atoms with Gasteiger partial charge in [-0.15, -0.1) is 0 Å². The van der Waals surface area contributed by atoms with Crippen LogP contribution in [0.3, 0.4) is 0 Å². The topological polar surface area (TPSA) is 97.1 Å². The number of amides is 2. The summed E-state index contributed by atoms with van der Waals surface area (Å²) in [7, 11) is 0. The minimum absolute atomic E-state index is 0.0796. The number of hydrogen-bond donors (Lipinski definition) is 1. The molecule has 2 atom stereocenters. The number of benzene rings is 2. The molecular weight excluding hydrogens is 472 g/mol. The molecule has 1 fully saturated rings. The molecule has 9 heteroatoms. The van der Waals surface area contributed by atoms with Gasteiger partial charge in [-0.25, -0.2) is 0 Å². The molecule has 3 heterocycles. The van der Waals surface area contributed by atoms with E-state index in [0.717, 1.165) is 24.4 Å². The number of ether oxygens (including phenoxy) is 2. The SMILES string of the molecule is CCOc1ccc([C@H]2[C@H](C(=O)Nc3cc(C)on3)c3ccccc3C(=O)N2CCN2CCOCC2)cc1. The number of aromatic nitrogens is 1. The van der Waals surface area contributed by atoms with Crippen LogP contribution in [-0.4, -0.2) is 72.8 Å². The maximum Gasteiger partial charge on any atom is 0.254 e. The molecule has 194 valence electrons. The molecule has 0 radical (unpaired) electrons. The second kappa shape index (κ2) is 11.1. The average Bonchev–Trinajstić information content (AvgIpc) is 3.33. The lowest BCUT2D eigenvalue weighted by atomic mass is 9.79. The Balaban J connectivity index is 1.54. The van der Waals surface area contributed by atoms with Gasteiger partial charge in [0.2, 0.25) is 5.91 Å². The monoisotopic (exact) mass is 504 g/mol. The third-order valence-electron chi connectivity index (χ3n) is 6.89. The van der Waals surface area contributed by atoms with E-state index < -0.39 is 12.0 Å². The standard InChI is InChI=1S/C28H32N4O5/c1-3-36-21-10-8-20(9-11-21)26-25(27(33)29-24-18-19(2)37-30-24)22-6-4-5-7-23(22)28(34)32(26)13-12-31-14-16-35-17-15-31/h4-11,18,25-26H,3,12-17H2,1-2H3,(H,29,30,33)/t25-,26+/m1/s1. The summed E-state index contributed by atoms with van der Waals surface area (Å²) in [4.78, 5) is 31.9. The Bertz CT molecular complexity index is 1240. The lowest BCUT2D eigenvalue weighted by Crippen LogP contribution is -2.49. The van der Waals surface area contributed by atoms with Crippen LogP contribution < -0.4 is 10.1 Å². The Kier molecular flexibility index (Phi) is 7.52. The fraction of sp³-hybridized carbons (Fsp3) is 0.393. The zero-order valence-electron chi connectivity index (χ0n) is 21.2. The van der Waals surface area contributed by atoms with E-state index in [1.807, 2.05) is 54.3 Å². The van der Waals surface area contributed by atoms with Crippen molar-refractivity contribution in [1.82, 2.24) is 15.0 Å². The molecule has 1 N–H and O–H groups in total. The summed E-state index contributed by atoms with van der Waals surface area (Å²) in [6, 6.07) is 16.2. The molecule has 5 rings (SSSR count). The zero-order chi connectivity index (χ0) is 25.8. The van der Waals surface area contributed by atoms with Gasteiger partial charge in [0.05, 0.1) is 31.8 Å². The average molecular weight is 505 g/mol. The number of nitrogens with one attached hydrogen (secondary N) is 1. The van der Waals surface area contributed by atoms with E-state index in [4.69, 9.17) is 14.0 Å². The van der Waals surface area contributed by atoms with Crippen molar-refractivity contribution in [2.24, 2.45) is 0 Å². The highest BCUT2D eigenvalue weighted by Gasteiger charge is 2.44. The van der Waals surface area contributed by atoms with Gasteiger partial charge in [0.25, 0.3) is 5.91 Å². The molecule has 37 heavy (non-hydrogen) atoms. The number of morpholine rings is 1. The van der Waals surface area contributed by atoms with Gasteiger partial charge in [-0.05, 0) is 43.2 Å². The minimum Gasteiger partial charge on any atom is -0.494 e. The van der Waals surface area contributed by atoms with E-state index >= 15 is 0 Å². The van der Waals surface area contributed by atoms with Crippen molar-refractivity contribution in [3.05, 3.63) is 77.0 Å². The van der Waals surface area contributed by atoms with Crippen molar-refractivity contribution >= 4 is 17.6 Å². The maximum atomic E-state index is 13.9. The highest BCUT2D eigenvalue weighted by molar-refractivity contribution is 6.04. The number of fused-ring (bicyclic) bond motifs is 1. The van der Waals surface area contributed by atoms with Crippen molar-refractivity contribution in [3.63, 3.8) is 0 Å². The highest BCUT2D eigenvalue weighted by atomic mass is 16.5. The summed E-state index contributed by atoms with van der Waals surface area (Å²) in [5.41, 5.74) is 2.11. The predicted molar refractivity (Wildman–Crippen MR) is 138 cm³/mol. The molecular formula is C28H32N4O5. The molecule has 3 aromatic rings. The van der Waals surface area contributed by atoms with E-state index in [2.05, 4.69) is 15.4 Å². The fourth-order valence-corrected chi connectivity index (χ4v) is 5.12. The number of anilines is 1. The summed E-state index contributed by atoms with van der Waals surface area (Å²) in [6.45, 7) is 8.45. The summed E-state index contributed by atoms with van der Waals surface area (Å²) in [6.07, 6.45) is 0. The Hall–Kier alpha value is -3.69. The van der Waals surface area contributed by atoms with Crippen LogP contribution in [0, 0.1) is 6.92 Å². The number of carbonyl (C=O) groups is 2. The van der Waals surface area contributed by atoms with Gasteiger partial charge in [0, 0.05) is 37.8 Å². The molecule has 0 aliphatic carbocycles. The fourth-order valence-electron chi connectivity index (χ4n) is 5.12. The van der Waals surface area contributed by atoms with Gasteiger partial charge >= 0.3 is 0 Å². The molecule has 0 saturated carbocycles. The number of nitrogens with zero attached hydrogens (tertiary/aromatic N) is 3. The third kappa shape index (κ3) is 5.38. The van der Waals surface area contributed by atoms with Crippen LogP contribution in [0.5, 0.6) is 5.75 Å². The normalized spacial score (nSPS) is 19.9. The van der Waals surface area contributed by atoms with Crippen LogP contribution in [0.2, 0.25) is 0 Å². The molecule has 2 aliphatic heterocycles. The molecule has 0 bridgehead atoms. The van der Waals surface area contributed by atoms with E-state index in [0.29, 0.717) is 55.6 Å². The molecule has 1 aromatic heterocycles. The number of hydrogen-bond acceptors (Lipinski definition) is 7. The van der Waals surface area contributed by atoms with E-state index in [-0.39, 0.29) is 11.8 Å². The Morgan fingerprint density at radius 2 is 1.86 bits per heavy atom. The first-order valence-electron chi connectivity index (χ1n) is 12.7. The van der Waals surface area contributed by atoms with Gasteiger partial charge in [-0.1, -0.05) is 35.5 Å². The van der Waals surface area contributed by atoms with Crippen LogP contribution in [0.15, 0.2) is 59.1 Å². The van der Waals surface area contributed by atoms with E-state index in [1.54, 1.807) is 19.1 Å². The molecule has 0 unspecified atom stereocenters. The van der Waals surface area contributed by atoms with Crippen LogP contribution in [0.1, 0.15) is 46.1 Å². The second-order valence-electron chi connectivity index (χ2n) is 9.28. The van der Waals surface area contributed by atoms with Gasteiger partial charge in [0.1, 0.15) is 11.5 Å². The van der Waals surface area contributed by atoms with Crippen molar-refractivity contribution in [2.75, 3.05) is 51.3 Å². The van der Waals surface area contributed by atoms with Gasteiger partial charge in [-0.2, -0.15) is 0 Å². The molecule has 9 nitrogen and oxygen atoms in total. The summed E-state index contributed by atoms with van der Waals surface area (Å²) >= 11 is 0. The number of aryl methyl sites for hydroxylation is 1. The lowest BCUT2D eigenvalue weighted by molar-refractivity contribution is -0.119. The summed E-state index contributed by atoms with van der Waals surface area (Å²) in [5, 5.41) is 6.86. The second-order valence-corrected chi connectivity index (χ2v) is 9.28. The Morgan fingerprint density at radius 3 is 2.57 bits per heavy atom. The lowest BCUT2D eigenvalue weighted by Gasteiger charge is -2.42. The van der Waals surface area contributed by atoms with Crippen LogP contribution >= 0.6 is 0 Å². The largest absolute Gasteiger partial charge is 0.494 e. The predicted octanol–water partition coefficient (Wildman–Crippen LogP) is 3.63. The van der Waals surface area contributed by atoms with Gasteiger partial charge in [0.15, 0.2) is 5.82 Å². The smallest absolute Gasteiger partial charge is 0.254 e. The Morgan fingerprint density at radius 1 is 1.11 bits per heavy atom. The summed E-state index contributed by atoms with van der Waals surface area (Å²) < 4.78 is 16.3. The quantitative estimate of drug-likeness (QED) is 0.500.